The molecule has 0 bridgehead atoms. The standard InChI is InChI=1S/C14H19N3O3/c1-2-4-14(5-3-6-14)9-17-12(18)10-7-16-11(8-15-10)13(19)20/h7-8H,2-6,9H2,1H3,(H,17,18)(H,19,20). The third-order valence-electron chi connectivity index (χ3n) is 3.92. The van der Waals surface area contributed by atoms with Gasteiger partial charge in [0.05, 0.1) is 12.4 Å². The molecule has 108 valence electrons. The first-order chi connectivity index (χ1) is 9.56. The molecule has 0 atom stereocenters. The van der Waals surface area contributed by atoms with E-state index < -0.39 is 5.97 Å². The number of carboxylic acid groups (broad SMARTS) is 1. The first-order valence-corrected chi connectivity index (χ1v) is 6.90. The first-order valence-electron chi connectivity index (χ1n) is 6.90. The average molecular weight is 277 g/mol. The average Bonchev–Trinajstić information content (AvgIpc) is 2.41. The van der Waals surface area contributed by atoms with Crippen LogP contribution in [0, 0.1) is 5.41 Å². The van der Waals surface area contributed by atoms with E-state index >= 15 is 0 Å². The fraction of sp³-hybridized carbons (Fsp3) is 0.571. The van der Waals surface area contributed by atoms with Crippen molar-refractivity contribution >= 4 is 11.9 Å². The van der Waals surface area contributed by atoms with E-state index in [1.54, 1.807) is 0 Å². The topological polar surface area (TPSA) is 92.2 Å². The van der Waals surface area contributed by atoms with Crippen molar-refractivity contribution < 1.29 is 14.7 Å². The van der Waals surface area contributed by atoms with E-state index in [2.05, 4.69) is 22.2 Å². The van der Waals surface area contributed by atoms with Gasteiger partial charge >= 0.3 is 5.97 Å². The van der Waals surface area contributed by atoms with Crippen LogP contribution in [0.5, 0.6) is 0 Å². The van der Waals surface area contributed by atoms with Crippen molar-refractivity contribution in [3.8, 4) is 0 Å². The minimum absolute atomic E-state index is 0.154. The summed E-state index contributed by atoms with van der Waals surface area (Å²) in [5, 5.41) is 11.6. The monoisotopic (exact) mass is 277 g/mol. The smallest absolute Gasteiger partial charge is 0.356 e. The molecule has 0 spiro atoms. The molecule has 1 aromatic heterocycles. The van der Waals surface area contributed by atoms with Gasteiger partial charge in [-0.1, -0.05) is 19.8 Å². The maximum Gasteiger partial charge on any atom is 0.356 e. The van der Waals surface area contributed by atoms with Crippen LogP contribution < -0.4 is 5.32 Å². The molecule has 1 saturated carbocycles. The number of hydrogen-bond donors (Lipinski definition) is 2. The van der Waals surface area contributed by atoms with Crippen molar-refractivity contribution in [3.63, 3.8) is 0 Å². The Morgan fingerprint density at radius 3 is 2.40 bits per heavy atom. The fourth-order valence-corrected chi connectivity index (χ4v) is 2.64. The molecule has 1 aromatic rings. The summed E-state index contributed by atoms with van der Waals surface area (Å²) in [5.74, 6) is -1.45. The minimum atomic E-state index is -1.15. The normalized spacial score (nSPS) is 16.2. The summed E-state index contributed by atoms with van der Waals surface area (Å²) < 4.78 is 0. The van der Waals surface area contributed by atoms with Crippen LogP contribution in [0.15, 0.2) is 12.4 Å². The Morgan fingerprint density at radius 2 is 1.95 bits per heavy atom. The number of nitrogens with zero attached hydrogens (tertiary/aromatic N) is 2. The lowest BCUT2D eigenvalue weighted by atomic mass is 9.66. The molecule has 2 N–H and O–H groups in total. The lowest BCUT2D eigenvalue weighted by molar-refractivity contribution is 0.0688. The van der Waals surface area contributed by atoms with Gasteiger partial charge in [-0.3, -0.25) is 4.79 Å². The molecule has 0 saturated heterocycles. The van der Waals surface area contributed by atoms with Crippen LogP contribution in [0.2, 0.25) is 0 Å². The SMILES string of the molecule is CCCC1(CNC(=O)c2cnc(C(=O)O)cn2)CCC1. The van der Waals surface area contributed by atoms with Gasteiger partial charge in [0.25, 0.3) is 5.91 Å². The zero-order valence-electron chi connectivity index (χ0n) is 11.6. The summed E-state index contributed by atoms with van der Waals surface area (Å²) in [6, 6.07) is 0. The number of carboxylic acids is 1. The van der Waals surface area contributed by atoms with Crippen LogP contribution in [0.4, 0.5) is 0 Å². The number of amides is 1. The number of hydrogen-bond acceptors (Lipinski definition) is 4. The molecule has 0 radical (unpaired) electrons. The van der Waals surface area contributed by atoms with E-state index in [9.17, 15) is 9.59 Å². The molecule has 1 fully saturated rings. The highest BCUT2D eigenvalue weighted by Crippen LogP contribution is 2.44. The number of aromatic nitrogens is 2. The number of aromatic carboxylic acids is 1. The summed E-state index contributed by atoms with van der Waals surface area (Å²) in [7, 11) is 0. The third kappa shape index (κ3) is 3.12. The quantitative estimate of drug-likeness (QED) is 0.828. The number of rotatable bonds is 6. The van der Waals surface area contributed by atoms with Gasteiger partial charge in [0.15, 0.2) is 5.69 Å². The zero-order chi connectivity index (χ0) is 14.6. The third-order valence-corrected chi connectivity index (χ3v) is 3.92. The highest BCUT2D eigenvalue weighted by Gasteiger charge is 2.36. The molecule has 1 aliphatic rings. The highest BCUT2D eigenvalue weighted by molar-refractivity contribution is 5.92. The second-order valence-corrected chi connectivity index (χ2v) is 5.38. The van der Waals surface area contributed by atoms with E-state index in [4.69, 9.17) is 5.11 Å². The fourth-order valence-electron chi connectivity index (χ4n) is 2.64. The van der Waals surface area contributed by atoms with Crippen molar-refractivity contribution in [1.82, 2.24) is 15.3 Å². The van der Waals surface area contributed by atoms with Crippen LogP contribution in [0.25, 0.3) is 0 Å². The van der Waals surface area contributed by atoms with Gasteiger partial charge in [-0.15, -0.1) is 0 Å². The van der Waals surface area contributed by atoms with Crippen molar-refractivity contribution in [2.75, 3.05) is 6.54 Å². The Hall–Kier alpha value is -1.98. The highest BCUT2D eigenvalue weighted by atomic mass is 16.4. The van der Waals surface area contributed by atoms with E-state index in [-0.39, 0.29) is 22.7 Å². The van der Waals surface area contributed by atoms with Crippen molar-refractivity contribution in [1.29, 1.82) is 0 Å². The Balaban J connectivity index is 1.93. The number of carbonyl (C=O) groups is 2. The summed E-state index contributed by atoms with van der Waals surface area (Å²) in [5.41, 5.74) is 0.239. The Bertz CT molecular complexity index is 495. The predicted molar refractivity (Wildman–Crippen MR) is 72.5 cm³/mol. The maximum absolute atomic E-state index is 12.0. The maximum atomic E-state index is 12.0. The summed E-state index contributed by atoms with van der Waals surface area (Å²) in [6.07, 6.45) is 8.08. The zero-order valence-corrected chi connectivity index (χ0v) is 11.6. The Labute approximate surface area is 117 Å². The predicted octanol–water partition coefficient (Wildman–Crippen LogP) is 1.88. The van der Waals surface area contributed by atoms with Gasteiger partial charge in [-0.2, -0.15) is 0 Å². The number of nitrogens with one attached hydrogen (secondary N) is 1. The molecule has 6 heteroatoms. The summed E-state index contributed by atoms with van der Waals surface area (Å²) in [4.78, 5) is 30.1. The minimum Gasteiger partial charge on any atom is -0.476 e. The second-order valence-electron chi connectivity index (χ2n) is 5.38. The van der Waals surface area contributed by atoms with Gasteiger partial charge in [0.2, 0.25) is 0 Å². The number of carbonyl (C=O) groups excluding carboxylic acids is 1. The second kappa shape index (κ2) is 5.98. The van der Waals surface area contributed by atoms with Crippen molar-refractivity contribution in [2.24, 2.45) is 5.41 Å². The van der Waals surface area contributed by atoms with E-state index in [0.717, 1.165) is 31.9 Å². The molecule has 20 heavy (non-hydrogen) atoms. The molecule has 2 rings (SSSR count). The van der Waals surface area contributed by atoms with Crippen molar-refractivity contribution in [2.45, 2.75) is 39.0 Å². The van der Waals surface area contributed by atoms with Crippen LogP contribution in [0.1, 0.15) is 60.0 Å². The van der Waals surface area contributed by atoms with Gasteiger partial charge in [0, 0.05) is 6.54 Å². The molecule has 0 aromatic carbocycles. The van der Waals surface area contributed by atoms with Gasteiger partial charge in [-0.05, 0) is 24.7 Å². The van der Waals surface area contributed by atoms with Gasteiger partial charge in [0.1, 0.15) is 5.69 Å². The molecule has 6 nitrogen and oxygen atoms in total. The molecular formula is C14H19N3O3. The Kier molecular flexibility index (Phi) is 4.32. The van der Waals surface area contributed by atoms with Gasteiger partial charge < -0.3 is 10.4 Å². The molecule has 1 aliphatic carbocycles. The molecule has 1 amide bonds. The van der Waals surface area contributed by atoms with Gasteiger partial charge in [-0.25, -0.2) is 14.8 Å². The van der Waals surface area contributed by atoms with Crippen molar-refractivity contribution in [3.05, 3.63) is 23.8 Å². The first kappa shape index (κ1) is 14.4. The van der Waals surface area contributed by atoms with E-state index in [1.807, 2.05) is 0 Å². The molecule has 1 heterocycles. The van der Waals surface area contributed by atoms with Crippen LogP contribution in [-0.4, -0.2) is 33.5 Å². The lowest BCUT2D eigenvalue weighted by Crippen LogP contribution is -2.42. The summed E-state index contributed by atoms with van der Waals surface area (Å²) >= 11 is 0. The molecular weight excluding hydrogens is 258 g/mol. The van der Waals surface area contributed by atoms with Crippen LogP contribution >= 0.6 is 0 Å². The van der Waals surface area contributed by atoms with E-state index in [1.165, 1.54) is 12.6 Å². The largest absolute Gasteiger partial charge is 0.476 e. The van der Waals surface area contributed by atoms with Crippen LogP contribution in [0.3, 0.4) is 0 Å². The lowest BCUT2D eigenvalue weighted by Gasteiger charge is -2.42. The Morgan fingerprint density at radius 1 is 1.30 bits per heavy atom. The molecule has 0 unspecified atom stereocenters. The molecule has 0 aliphatic heterocycles. The summed E-state index contributed by atoms with van der Waals surface area (Å²) in [6.45, 7) is 2.81. The van der Waals surface area contributed by atoms with E-state index in [0.29, 0.717) is 6.54 Å². The van der Waals surface area contributed by atoms with Crippen LogP contribution in [-0.2, 0) is 0 Å².